The number of unbranched alkanes of at least 4 members (excludes halogenated alkanes) is 1. The van der Waals surface area contributed by atoms with Crippen LogP contribution in [0.5, 0.6) is 0 Å². The highest BCUT2D eigenvalue weighted by Gasteiger charge is 2.29. The van der Waals surface area contributed by atoms with Gasteiger partial charge in [-0.1, -0.05) is 30.3 Å². The molecule has 3 amide bonds. The van der Waals surface area contributed by atoms with Gasteiger partial charge in [0.1, 0.15) is 30.9 Å². The Bertz CT molecular complexity index is 1040. The molecule has 1 aromatic rings. The maximum Gasteiger partial charge on any atom is 0.407 e. The Morgan fingerprint density at radius 2 is 1.53 bits per heavy atom. The van der Waals surface area contributed by atoms with Crippen molar-refractivity contribution in [2.75, 3.05) is 44.8 Å². The van der Waals surface area contributed by atoms with Crippen molar-refractivity contribution in [1.29, 1.82) is 0 Å². The topological polar surface area (TPSA) is 158 Å². The van der Waals surface area contributed by atoms with Crippen LogP contribution in [-0.4, -0.2) is 92.5 Å². The molecule has 0 saturated carbocycles. The SMILES string of the molecule is COC(=O)[C@H](CCCCNC(=O)OCc1ccccc1)NC(=O)C(CCC(=O)OC(C)(C)C)NC(=O)OCCS(C)(C)C. The standard InChI is InChI=1S/C30H49N3O9S/c1-30(2,3)42-25(34)17-16-23(33-29(38)40-19-20-43(5,6)7)26(35)32-24(27(36)39-4)15-11-12-18-31-28(37)41-21-22-13-9-8-10-14-22/h8-10,13-14,23-24H,11-12,15-21H2,1-7H3,(H,31,37)(H,32,35)(H,33,38)/t23?,24-/m0/s1. The molecule has 0 aliphatic heterocycles. The molecule has 0 radical (unpaired) electrons. The first-order chi connectivity index (χ1) is 20.1. The number of esters is 2. The summed E-state index contributed by atoms with van der Waals surface area (Å²) < 4.78 is 20.6. The van der Waals surface area contributed by atoms with Gasteiger partial charge in [-0.05, 0) is 70.8 Å². The summed E-state index contributed by atoms with van der Waals surface area (Å²) in [6.07, 6.45) is 5.89. The van der Waals surface area contributed by atoms with E-state index in [4.69, 9.17) is 18.9 Å². The minimum Gasteiger partial charge on any atom is -0.467 e. The number of carbonyl (C=O) groups excluding carboxylic acids is 5. The zero-order valence-corrected chi connectivity index (χ0v) is 27.3. The Morgan fingerprint density at radius 1 is 0.860 bits per heavy atom. The number of ether oxygens (including phenoxy) is 4. The van der Waals surface area contributed by atoms with Crippen LogP contribution >= 0.6 is 10.0 Å². The van der Waals surface area contributed by atoms with Crippen LogP contribution in [0.1, 0.15) is 58.4 Å². The van der Waals surface area contributed by atoms with Crippen molar-refractivity contribution in [1.82, 2.24) is 16.0 Å². The molecular weight excluding hydrogens is 578 g/mol. The van der Waals surface area contributed by atoms with E-state index in [2.05, 4.69) is 34.7 Å². The number of hydrogen-bond donors (Lipinski definition) is 3. The Morgan fingerprint density at radius 3 is 2.14 bits per heavy atom. The van der Waals surface area contributed by atoms with Crippen LogP contribution in [0.25, 0.3) is 0 Å². The molecular formula is C30H49N3O9S. The molecule has 0 heterocycles. The van der Waals surface area contributed by atoms with Gasteiger partial charge < -0.3 is 34.9 Å². The number of benzene rings is 1. The minimum atomic E-state index is -1.16. The van der Waals surface area contributed by atoms with Crippen LogP contribution in [0.15, 0.2) is 30.3 Å². The highest BCUT2D eigenvalue weighted by molar-refractivity contribution is 8.32. The highest BCUT2D eigenvalue weighted by atomic mass is 32.3. The van der Waals surface area contributed by atoms with Crippen molar-refractivity contribution in [3.05, 3.63) is 35.9 Å². The lowest BCUT2D eigenvalue weighted by molar-refractivity contribution is -0.155. The van der Waals surface area contributed by atoms with Gasteiger partial charge in [-0.15, -0.1) is 0 Å². The first-order valence-corrected chi connectivity index (χ1v) is 17.3. The minimum absolute atomic E-state index is 0.0662. The molecule has 12 nitrogen and oxygen atoms in total. The molecule has 2 atom stereocenters. The van der Waals surface area contributed by atoms with Crippen molar-refractivity contribution in [3.63, 3.8) is 0 Å². The Kier molecular flexibility index (Phi) is 16.5. The van der Waals surface area contributed by atoms with E-state index < -0.39 is 57.7 Å². The van der Waals surface area contributed by atoms with Gasteiger partial charge in [0.05, 0.1) is 7.11 Å². The summed E-state index contributed by atoms with van der Waals surface area (Å²) in [4.78, 5) is 62.3. The van der Waals surface area contributed by atoms with Crippen LogP contribution < -0.4 is 16.0 Å². The quantitative estimate of drug-likeness (QED) is 0.133. The van der Waals surface area contributed by atoms with Crippen LogP contribution in [0.2, 0.25) is 0 Å². The normalized spacial score (nSPS) is 13.1. The van der Waals surface area contributed by atoms with Crippen LogP contribution in [-0.2, 0) is 39.9 Å². The van der Waals surface area contributed by atoms with E-state index in [0.29, 0.717) is 25.1 Å². The third-order valence-corrected chi connectivity index (χ3v) is 7.19. The zero-order chi connectivity index (χ0) is 32.5. The lowest BCUT2D eigenvalue weighted by Crippen LogP contribution is -2.52. The van der Waals surface area contributed by atoms with Gasteiger partial charge in [-0.25, -0.2) is 24.4 Å². The van der Waals surface area contributed by atoms with E-state index in [9.17, 15) is 24.0 Å². The Hall–Kier alpha value is -3.48. The molecule has 0 aliphatic rings. The number of methoxy groups -OCH3 is 1. The summed E-state index contributed by atoms with van der Waals surface area (Å²) >= 11 is 0. The first kappa shape index (κ1) is 37.5. The average Bonchev–Trinajstić information content (AvgIpc) is 2.91. The maximum atomic E-state index is 13.2. The second-order valence-electron chi connectivity index (χ2n) is 11.8. The second-order valence-corrected chi connectivity index (χ2v) is 16.4. The summed E-state index contributed by atoms with van der Waals surface area (Å²) in [6.45, 7) is 5.82. The third kappa shape index (κ3) is 18.6. The highest BCUT2D eigenvalue weighted by Crippen LogP contribution is 2.33. The molecule has 13 heteroatoms. The summed E-state index contributed by atoms with van der Waals surface area (Å²) in [5, 5.41) is 7.78. The van der Waals surface area contributed by atoms with E-state index in [1.54, 1.807) is 20.8 Å². The van der Waals surface area contributed by atoms with Crippen molar-refractivity contribution in [3.8, 4) is 0 Å². The predicted molar refractivity (Wildman–Crippen MR) is 166 cm³/mol. The smallest absolute Gasteiger partial charge is 0.407 e. The fourth-order valence-corrected chi connectivity index (χ4v) is 4.18. The lowest BCUT2D eigenvalue weighted by atomic mass is 10.1. The molecule has 1 unspecified atom stereocenters. The predicted octanol–water partition coefficient (Wildman–Crippen LogP) is 3.65. The fraction of sp³-hybridized carbons (Fsp3) is 0.633. The first-order valence-electron chi connectivity index (χ1n) is 14.2. The number of hydrogen-bond acceptors (Lipinski definition) is 9. The van der Waals surface area contributed by atoms with Gasteiger partial charge >= 0.3 is 24.1 Å². The van der Waals surface area contributed by atoms with E-state index in [0.717, 1.165) is 5.56 Å². The number of nitrogens with one attached hydrogen (secondary N) is 3. The summed E-state index contributed by atoms with van der Waals surface area (Å²) in [7, 11) is 0.316. The Balaban J connectivity index is 2.68. The van der Waals surface area contributed by atoms with E-state index in [1.807, 2.05) is 30.3 Å². The molecule has 1 aromatic carbocycles. The van der Waals surface area contributed by atoms with Gasteiger partial charge in [-0.2, -0.15) is 0 Å². The summed E-state index contributed by atoms with van der Waals surface area (Å²) in [5.74, 6) is -1.17. The van der Waals surface area contributed by atoms with E-state index in [-0.39, 0.29) is 32.5 Å². The van der Waals surface area contributed by atoms with Gasteiger partial charge in [0.25, 0.3) is 0 Å². The van der Waals surface area contributed by atoms with Crippen LogP contribution in [0.4, 0.5) is 9.59 Å². The molecule has 3 N–H and O–H groups in total. The molecule has 43 heavy (non-hydrogen) atoms. The molecule has 244 valence electrons. The molecule has 0 aliphatic carbocycles. The van der Waals surface area contributed by atoms with Crippen LogP contribution in [0, 0.1) is 0 Å². The molecule has 0 saturated heterocycles. The number of carbonyl (C=O) groups is 5. The monoisotopic (exact) mass is 627 g/mol. The lowest BCUT2D eigenvalue weighted by Gasteiger charge is -2.25. The fourth-order valence-electron chi connectivity index (χ4n) is 3.59. The van der Waals surface area contributed by atoms with Gasteiger partial charge in [-0.3, -0.25) is 9.59 Å². The zero-order valence-electron chi connectivity index (χ0n) is 26.5. The maximum absolute atomic E-state index is 13.2. The van der Waals surface area contributed by atoms with Crippen molar-refractivity contribution in [2.24, 2.45) is 0 Å². The van der Waals surface area contributed by atoms with Crippen molar-refractivity contribution >= 4 is 40.1 Å². The number of alkyl carbamates (subject to hydrolysis) is 2. The molecule has 0 spiro atoms. The van der Waals surface area contributed by atoms with Gasteiger partial charge in [0.2, 0.25) is 5.91 Å². The summed E-state index contributed by atoms with van der Waals surface area (Å²) in [6, 6.07) is 7.12. The Labute approximate surface area is 256 Å². The van der Waals surface area contributed by atoms with Gasteiger partial charge in [0.15, 0.2) is 0 Å². The average molecular weight is 628 g/mol. The molecule has 0 aromatic heterocycles. The molecule has 0 fully saturated rings. The van der Waals surface area contributed by atoms with Gasteiger partial charge in [0, 0.05) is 18.7 Å². The second kappa shape index (κ2) is 18.9. The van der Waals surface area contributed by atoms with E-state index in [1.165, 1.54) is 7.11 Å². The largest absolute Gasteiger partial charge is 0.467 e. The number of rotatable bonds is 17. The van der Waals surface area contributed by atoms with Crippen molar-refractivity contribution < 1.29 is 42.9 Å². The van der Waals surface area contributed by atoms with Crippen molar-refractivity contribution in [2.45, 2.75) is 77.2 Å². The molecule has 0 bridgehead atoms. The number of amides is 3. The summed E-state index contributed by atoms with van der Waals surface area (Å²) in [5.41, 5.74) is 0.160. The molecule has 1 rings (SSSR count). The van der Waals surface area contributed by atoms with E-state index >= 15 is 0 Å². The third-order valence-electron chi connectivity index (χ3n) is 5.80. The van der Waals surface area contributed by atoms with Crippen LogP contribution in [0.3, 0.4) is 0 Å².